The molecule has 0 spiro atoms. The first-order chi connectivity index (χ1) is 10.9. The van der Waals surface area contributed by atoms with Crippen molar-refractivity contribution in [3.63, 3.8) is 0 Å². The third kappa shape index (κ3) is 1.66. The summed E-state index contributed by atoms with van der Waals surface area (Å²) in [7, 11) is 0. The smallest absolute Gasteiger partial charge is 0.336 e. The molecule has 2 aliphatic carbocycles. The average molecular weight is 306 g/mol. The van der Waals surface area contributed by atoms with Crippen molar-refractivity contribution < 1.29 is 19.8 Å². The molecule has 2 N–H and O–H groups in total. The number of benzene rings is 2. The SMILES string of the molecule is CC12C=Cc3c(C(=O)O)ccc4ccc(c1c34)C=CC2C(=O)O. The highest BCUT2D eigenvalue weighted by atomic mass is 16.4. The minimum Gasteiger partial charge on any atom is -0.481 e. The minimum atomic E-state index is -0.978. The molecule has 4 rings (SSSR count). The van der Waals surface area contributed by atoms with Crippen LogP contribution in [0.4, 0.5) is 0 Å². The largest absolute Gasteiger partial charge is 0.481 e. The molecule has 0 heterocycles. The van der Waals surface area contributed by atoms with Gasteiger partial charge in [0, 0.05) is 5.41 Å². The monoisotopic (exact) mass is 306 g/mol. The van der Waals surface area contributed by atoms with Crippen molar-refractivity contribution in [2.45, 2.75) is 12.3 Å². The molecule has 2 aromatic rings. The van der Waals surface area contributed by atoms with Crippen molar-refractivity contribution in [3.05, 3.63) is 58.7 Å². The van der Waals surface area contributed by atoms with Gasteiger partial charge in [0.1, 0.15) is 0 Å². The van der Waals surface area contributed by atoms with Gasteiger partial charge in [-0.1, -0.05) is 49.4 Å². The van der Waals surface area contributed by atoms with E-state index in [2.05, 4.69) is 0 Å². The number of rotatable bonds is 2. The number of aliphatic carboxylic acids is 1. The predicted octanol–water partition coefficient (Wildman–Crippen LogP) is 3.55. The van der Waals surface area contributed by atoms with Gasteiger partial charge in [-0.2, -0.15) is 0 Å². The Hall–Kier alpha value is -2.88. The summed E-state index contributed by atoms with van der Waals surface area (Å²) in [6.07, 6.45) is 7.14. The summed E-state index contributed by atoms with van der Waals surface area (Å²) < 4.78 is 0. The van der Waals surface area contributed by atoms with Gasteiger partial charge in [0.05, 0.1) is 11.5 Å². The number of aromatic carboxylic acids is 1. The zero-order valence-electron chi connectivity index (χ0n) is 12.4. The molecule has 0 aliphatic heterocycles. The van der Waals surface area contributed by atoms with Gasteiger partial charge in [-0.05, 0) is 33.5 Å². The first kappa shape index (κ1) is 13.8. The second-order valence-electron chi connectivity index (χ2n) is 6.25. The molecule has 0 fully saturated rings. The van der Waals surface area contributed by atoms with Gasteiger partial charge in [0.25, 0.3) is 0 Å². The molecule has 0 radical (unpaired) electrons. The van der Waals surface area contributed by atoms with Gasteiger partial charge < -0.3 is 10.2 Å². The van der Waals surface area contributed by atoms with Crippen LogP contribution in [0.3, 0.4) is 0 Å². The lowest BCUT2D eigenvalue weighted by molar-refractivity contribution is -0.141. The highest BCUT2D eigenvalue weighted by Gasteiger charge is 2.43. The van der Waals surface area contributed by atoms with Crippen molar-refractivity contribution in [1.29, 1.82) is 0 Å². The van der Waals surface area contributed by atoms with E-state index in [1.54, 1.807) is 24.3 Å². The molecule has 2 aromatic carbocycles. The maximum Gasteiger partial charge on any atom is 0.336 e. The molecule has 0 amide bonds. The Morgan fingerprint density at radius 2 is 1.83 bits per heavy atom. The quantitative estimate of drug-likeness (QED) is 0.889. The summed E-state index contributed by atoms with van der Waals surface area (Å²) in [5.41, 5.74) is 2.07. The summed E-state index contributed by atoms with van der Waals surface area (Å²) in [5, 5.41) is 20.8. The Balaban J connectivity index is 2.17. The maximum atomic E-state index is 11.7. The lowest BCUT2D eigenvalue weighted by Gasteiger charge is -2.39. The van der Waals surface area contributed by atoms with Crippen molar-refractivity contribution in [2.75, 3.05) is 0 Å². The van der Waals surface area contributed by atoms with Crippen LogP contribution in [-0.4, -0.2) is 22.2 Å². The summed E-state index contributed by atoms with van der Waals surface area (Å²) in [5.74, 6) is -2.53. The fourth-order valence-corrected chi connectivity index (χ4v) is 3.88. The van der Waals surface area contributed by atoms with Gasteiger partial charge in [-0.25, -0.2) is 4.79 Å². The second-order valence-corrected chi connectivity index (χ2v) is 6.25. The minimum absolute atomic E-state index is 0.241. The second kappa shape index (κ2) is 4.32. The summed E-state index contributed by atoms with van der Waals surface area (Å²) >= 11 is 0. The van der Waals surface area contributed by atoms with Crippen LogP contribution < -0.4 is 0 Å². The van der Waals surface area contributed by atoms with Crippen molar-refractivity contribution in [2.24, 2.45) is 5.92 Å². The van der Waals surface area contributed by atoms with Crippen molar-refractivity contribution in [1.82, 2.24) is 0 Å². The number of carbonyl (C=O) groups is 2. The van der Waals surface area contributed by atoms with E-state index in [1.807, 2.05) is 31.2 Å². The zero-order chi connectivity index (χ0) is 16.4. The first-order valence-electron chi connectivity index (χ1n) is 7.37. The van der Waals surface area contributed by atoms with Crippen molar-refractivity contribution >= 4 is 34.9 Å². The molecular weight excluding hydrogens is 292 g/mol. The van der Waals surface area contributed by atoms with Crippen LogP contribution in [0.25, 0.3) is 22.9 Å². The van der Waals surface area contributed by atoms with Crippen LogP contribution in [0, 0.1) is 5.92 Å². The van der Waals surface area contributed by atoms with Crippen LogP contribution in [-0.2, 0) is 10.2 Å². The predicted molar refractivity (Wildman–Crippen MR) is 87.5 cm³/mol. The Kier molecular flexibility index (Phi) is 2.58. The average Bonchev–Trinajstić information content (AvgIpc) is 2.51. The lowest BCUT2D eigenvalue weighted by Crippen LogP contribution is -2.38. The summed E-state index contributed by atoms with van der Waals surface area (Å²) in [6.45, 7) is 1.90. The van der Waals surface area contributed by atoms with Crippen LogP contribution in [0.2, 0.25) is 0 Å². The van der Waals surface area contributed by atoms with Gasteiger partial charge >= 0.3 is 11.9 Å². The van der Waals surface area contributed by atoms with Crippen LogP contribution in [0.15, 0.2) is 36.4 Å². The highest BCUT2D eigenvalue weighted by molar-refractivity contribution is 6.07. The normalized spacial score (nSPS) is 24.0. The molecule has 0 aromatic heterocycles. The molecule has 2 atom stereocenters. The standard InChI is InChI=1S/C19H14O4/c1-19-9-8-12-13(17(20)21)6-4-10-2-3-11(16(19)15(10)12)5-7-14(19)18(22)23/h2-9,14H,1H3,(H,20,21)(H,22,23). The summed E-state index contributed by atoms with van der Waals surface area (Å²) in [6, 6.07) is 7.31. The van der Waals surface area contributed by atoms with E-state index >= 15 is 0 Å². The molecule has 0 bridgehead atoms. The molecular formula is C19H14O4. The summed E-state index contributed by atoms with van der Waals surface area (Å²) in [4.78, 5) is 23.2. The van der Waals surface area contributed by atoms with E-state index in [1.165, 1.54) is 0 Å². The molecule has 0 saturated heterocycles. The van der Waals surface area contributed by atoms with E-state index in [9.17, 15) is 19.8 Å². The molecule has 2 unspecified atom stereocenters. The van der Waals surface area contributed by atoms with Gasteiger partial charge in [-0.3, -0.25) is 4.79 Å². The van der Waals surface area contributed by atoms with Gasteiger partial charge in [0.2, 0.25) is 0 Å². The molecule has 0 saturated carbocycles. The first-order valence-corrected chi connectivity index (χ1v) is 7.37. The highest BCUT2D eigenvalue weighted by Crippen LogP contribution is 2.48. The number of hydrogen-bond acceptors (Lipinski definition) is 2. The van der Waals surface area contributed by atoms with Crippen LogP contribution >= 0.6 is 0 Å². The van der Waals surface area contributed by atoms with E-state index in [4.69, 9.17) is 0 Å². The zero-order valence-corrected chi connectivity index (χ0v) is 12.4. The Morgan fingerprint density at radius 3 is 2.52 bits per heavy atom. The third-order valence-electron chi connectivity index (χ3n) is 5.00. The lowest BCUT2D eigenvalue weighted by atomic mass is 9.63. The number of carboxylic acid groups (broad SMARTS) is 2. The van der Waals surface area contributed by atoms with Crippen LogP contribution in [0.1, 0.15) is 34.0 Å². The molecule has 23 heavy (non-hydrogen) atoms. The number of hydrogen-bond donors (Lipinski definition) is 2. The Bertz CT molecular complexity index is 951. The molecule has 2 aliphatic rings. The van der Waals surface area contributed by atoms with Crippen molar-refractivity contribution in [3.8, 4) is 0 Å². The molecule has 4 heteroatoms. The Morgan fingerprint density at radius 1 is 1.09 bits per heavy atom. The third-order valence-corrected chi connectivity index (χ3v) is 5.00. The fourth-order valence-electron chi connectivity index (χ4n) is 3.88. The van der Waals surface area contributed by atoms with Gasteiger partial charge in [0.15, 0.2) is 0 Å². The van der Waals surface area contributed by atoms with Gasteiger partial charge in [-0.15, -0.1) is 0 Å². The van der Waals surface area contributed by atoms with Crippen LogP contribution in [0.5, 0.6) is 0 Å². The number of carboxylic acids is 2. The fraction of sp³-hybridized carbons (Fsp3) is 0.158. The topological polar surface area (TPSA) is 74.6 Å². The number of allylic oxidation sites excluding steroid dienone is 1. The Labute approximate surface area is 132 Å². The van der Waals surface area contributed by atoms with E-state index in [0.29, 0.717) is 5.56 Å². The molecule has 114 valence electrons. The van der Waals surface area contributed by atoms with E-state index in [-0.39, 0.29) is 5.56 Å². The molecule has 4 nitrogen and oxygen atoms in total. The van der Waals surface area contributed by atoms with E-state index in [0.717, 1.165) is 21.9 Å². The maximum absolute atomic E-state index is 11.7. The van der Waals surface area contributed by atoms with E-state index < -0.39 is 23.3 Å².